The molecular formula is C70H52BBrN8O2. The first kappa shape index (κ1) is 52.0. The van der Waals surface area contributed by atoms with Gasteiger partial charge in [0, 0.05) is 85.5 Å². The van der Waals surface area contributed by atoms with Crippen LogP contribution in [-0.2, 0) is 9.31 Å². The zero-order chi connectivity index (χ0) is 55.8. The van der Waals surface area contributed by atoms with Crippen molar-refractivity contribution in [1.29, 1.82) is 0 Å². The van der Waals surface area contributed by atoms with Gasteiger partial charge in [-0.05, 0) is 108 Å². The molecule has 0 saturated carbocycles. The fourth-order valence-corrected chi connectivity index (χ4v) is 10.9. The molecule has 14 aromatic rings. The quantitative estimate of drug-likeness (QED) is 0.117. The van der Waals surface area contributed by atoms with E-state index in [1.165, 1.54) is 27.1 Å². The van der Waals surface area contributed by atoms with Crippen molar-refractivity contribution < 1.29 is 9.31 Å². The van der Waals surface area contributed by atoms with E-state index >= 15 is 0 Å². The average molecular weight is 1130 g/mol. The normalized spacial score (nSPS) is 13.5. The van der Waals surface area contributed by atoms with Gasteiger partial charge in [-0.25, -0.2) is 29.9 Å². The third-order valence-electron chi connectivity index (χ3n) is 15.5. The molecule has 12 heteroatoms. The highest BCUT2D eigenvalue weighted by molar-refractivity contribution is 9.10. The molecule has 0 spiro atoms. The molecule has 7 heterocycles. The van der Waals surface area contributed by atoms with E-state index in [1.54, 1.807) is 24.8 Å². The van der Waals surface area contributed by atoms with Crippen molar-refractivity contribution in [3.63, 3.8) is 0 Å². The summed E-state index contributed by atoms with van der Waals surface area (Å²) in [5.41, 5.74) is 12.6. The topological polar surface area (TPSA) is 122 Å². The lowest BCUT2D eigenvalue weighted by atomic mass is 9.79. The number of halogens is 1. The number of benzene rings is 8. The lowest BCUT2D eigenvalue weighted by Crippen LogP contribution is -2.41. The van der Waals surface area contributed by atoms with Crippen molar-refractivity contribution in [2.45, 2.75) is 38.9 Å². The molecule has 0 bridgehead atoms. The van der Waals surface area contributed by atoms with Gasteiger partial charge >= 0.3 is 7.12 Å². The molecule has 0 radical (unpaired) electrons. The number of nitrogens with zero attached hydrogens (tertiary/aromatic N) is 8. The van der Waals surface area contributed by atoms with E-state index in [9.17, 15) is 0 Å². The first-order valence-electron chi connectivity index (χ1n) is 27.1. The van der Waals surface area contributed by atoms with Crippen LogP contribution >= 0.6 is 15.9 Å². The van der Waals surface area contributed by atoms with E-state index in [0.717, 1.165) is 104 Å². The second-order valence-corrected chi connectivity index (χ2v) is 22.0. The smallest absolute Gasteiger partial charge is 0.399 e. The molecule has 1 fully saturated rings. The Hall–Kier alpha value is -9.46. The number of fused-ring (bicyclic) bond motifs is 8. The van der Waals surface area contributed by atoms with Gasteiger partial charge in [0.15, 0.2) is 11.6 Å². The second kappa shape index (κ2) is 21.9. The molecular weight excluding hydrogens is 1080 g/mol. The molecule has 0 amide bonds. The van der Waals surface area contributed by atoms with E-state index in [-0.39, 0.29) is 18.3 Å². The van der Waals surface area contributed by atoms with Crippen molar-refractivity contribution in [1.82, 2.24) is 39.9 Å². The fourth-order valence-electron chi connectivity index (χ4n) is 10.5. The molecule has 10 nitrogen and oxygen atoms in total. The van der Waals surface area contributed by atoms with Crippen LogP contribution in [0.25, 0.3) is 122 Å². The van der Waals surface area contributed by atoms with Crippen molar-refractivity contribution >= 4 is 93.7 Å². The Morgan fingerprint density at radius 2 is 0.707 bits per heavy atom. The SMILES string of the molecule is Brc1ccc(-c2ccc3ccc4cccnc4c3n2)c2ccccc12.CC1(C)OB(c2ccc(-c3ncccn3)cc2)OC1(C)C.c1cnc(-c2ccc(-c3ccc(-c4ccc5ccc6cccnc6c5n4)c4ccccc34)cc2)nc1. The summed E-state index contributed by atoms with van der Waals surface area (Å²) in [6, 6.07) is 70.5. The molecule has 1 aliphatic heterocycles. The van der Waals surface area contributed by atoms with Crippen LogP contribution in [0.15, 0.2) is 248 Å². The van der Waals surface area contributed by atoms with Crippen LogP contribution in [-0.4, -0.2) is 58.2 Å². The molecule has 0 unspecified atom stereocenters. The maximum atomic E-state index is 6.04. The molecule has 8 aromatic carbocycles. The zero-order valence-corrected chi connectivity index (χ0v) is 47.0. The Labute approximate surface area is 483 Å². The highest BCUT2D eigenvalue weighted by atomic mass is 79.9. The van der Waals surface area contributed by atoms with Crippen LogP contribution in [0, 0.1) is 0 Å². The lowest BCUT2D eigenvalue weighted by molar-refractivity contribution is 0.00578. The highest BCUT2D eigenvalue weighted by Crippen LogP contribution is 2.39. The maximum Gasteiger partial charge on any atom is 0.494 e. The Kier molecular flexibility index (Phi) is 13.9. The Morgan fingerprint density at radius 3 is 1.21 bits per heavy atom. The number of pyridine rings is 4. The number of rotatable bonds is 6. The minimum Gasteiger partial charge on any atom is -0.399 e. The van der Waals surface area contributed by atoms with Crippen LogP contribution < -0.4 is 5.46 Å². The van der Waals surface area contributed by atoms with Gasteiger partial charge in [0.25, 0.3) is 0 Å². The molecule has 1 aliphatic rings. The second-order valence-electron chi connectivity index (χ2n) is 21.1. The molecule has 394 valence electrons. The van der Waals surface area contributed by atoms with E-state index in [4.69, 9.17) is 19.3 Å². The van der Waals surface area contributed by atoms with E-state index in [1.807, 2.05) is 60.9 Å². The van der Waals surface area contributed by atoms with Crippen molar-refractivity contribution in [3.05, 3.63) is 248 Å². The molecule has 0 aliphatic carbocycles. The number of hydrogen-bond donors (Lipinski definition) is 0. The minimum atomic E-state index is -0.333. The summed E-state index contributed by atoms with van der Waals surface area (Å²) in [4.78, 5) is 36.5. The van der Waals surface area contributed by atoms with Gasteiger partial charge in [0.2, 0.25) is 0 Å². The highest BCUT2D eigenvalue weighted by Gasteiger charge is 2.51. The lowest BCUT2D eigenvalue weighted by Gasteiger charge is -2.32. The zero-order valence-electron chi connectivity index (χ0n) is 45.4. The molecule has 0 N–H and O–H groups in total. The first-order chi connectivity index (χ1) is 40.0. The number of hydrogen-bond acceptors (Lipinski definition) is 10. The third-order valence-corrected chi connectivity index (χ3v) is 16.2. The van der Waals surface area contributed by atoms with Gasteiger partial charge in [-0.3, -0.25) is 9.97 Å². The van der Waals surface area contributed by atoms with Gasteiger partial charge in [0.1, 0.15) is 0 Å². The molecule has 6 aromatic heterocycles. The summed E-state index contributed by atoms with van der Waals surface area (Å²) in [7, 11) is -0.333. The Morgan fingerprint density at radius 1 is 0.329 bits per heavy atom. The van der Waals surface area contributed by atoms with E-state index < -0.39 is 0 Å². The third kappa shape index (κ3) is 10.1. The summed E-state index contributed by atoms with van der Waals surface area (Å²) in [6.07, 6.45) is 10.7. The summed E-state index contributed by atoms with van der Waals surface area (Å²) in [5.74, 6) is 1.45. The molecule has 0 atom stereocenters. The summed E-state index contributed by atoms with van der Waals surface area (Å²) in [6.45, 7) is 8.22. The van der Waals surface area contributed by atoms with Crippen molar-refractivity contribution in [3.8, 4) is 56.4 Å². The molecule has 15 rings (SSSR count). The molecule has 82 heavy (non-hydrogen) atoms. The summed E-state index contributed by atoms with van der Waals surface area (Å²) in [5, 5.41) is 9.15. The van der Waals surface area contributed by atoms with Gasteiger partial charge in [-0.1, -0.05) is 180 Å². The van der Waals surface area contributed by atoms with Gasteiger partial charge in [-0.2, -0.15) is 0 Å². The average Bonchev–Trinajstić information content (AvgIpc) is 3.90. The summed E-state index contributed by atoms with van der Waals surface area (Å²) >= 11 is 3.65. The van der Waals surface area contributed by atoms with Crippen LogP contribution in [0.5, 0.6) is 0 Å². The predicted molar refractivity (Wildman–Crippen MR) is 337 cm³/mol. The largest absolute Gasteiger partial charge is 0.494 e. The van der Waals surface area contributed by atoms with Crippen LogP contribution in [0.3, 0.4) is 0 Å². The van der Waals surface area contributed by atoms with Gasteiger partial charge < -0.3 is 9.31 Å². The van der Waals surface area contributed by atoms with Crippen LogP contribution in [0.4, 0.5) is 0 Å². The standard InChI is InChI=1S/C32H20N4.C22H13BrN2.C16H19BN2O2/c1-2-7-27-26(6-1)25(21-8-12-24(13-9-21)32-34-19-4-20-35-32)15-16-28(27)29-17-14-23-11-10-22-5-3-18-33-30(22)31(23)36-29;23-19-11-10-18(16-5-1-2-6-17(16)19)20-12-9-15-8-7-14-4-3-13-24-21(14)22(15)25-20;1-15(2)16(3,4)21-17(20-15)13-8-6-12(7-9-13)14-18-10-5-11-19-14/h1-20H;1-13H;5-11H,1-4H3. The predicted octanol–water partition coefficient (Wildman–Crippen LogP) is 16.5. The Balaban J connectivity index is 0.000000121. The van der Waals surface area contributed by atoms with Crippen LogP contribution in [0.2, 0.25) is 0 Å². The number of aromatic nitrogens is 8. The van der Waals surface area contributed by atoms with Crippen LogP contribution in [0.1, 0.15) is 27.7 Å². The minimum absolute atomic E-state index is 0.321. The fraction of sp³-hybridized carbons (Fsp3) is 0.0857. The first-order valence-corrected chi connectivity index (χ1v) is 27.9. The van der Waals surface area contributed by atoms with Gasteiger partial charge in [-0.15, -0.1) is 0 Å². The van der Waals surface area contributed by atoms with Crippen molar-refractivity contribution in [2.75, 3.05) is 0 Å². The Bertz CT molecular complexity index is 4650. The monoisotopic (exact) mass is 1130 g/mol. The van der Waals surface area contributed by atoms with E-state index in [2.05, 4.69) is 231 Å². The summed E-state index contributed by atoms with van der Waals surface area (Å²) < 4.78 is 13.2. The maximum absolute atomic E-state index is 6.04. The van der Waals surface area contributed by atoms with E-state index in [0.29, 0.717) is 0 Å². The van der Waals surface area contributed by atoms with Gasteiger partial charge in [0.05, 0.1) is 44.7 Å². The van der Waals surface area contributed by atoms with Crippen molar-refractivity contribution in [2.24, 2.45) is 0 Å². The molecule has 1 saturated heterocycles.